The van der Waals surface area contributed by atoms with Crippen LogP contribution in [0.1, 0.15) is 5.82 Å². The number of methoxy groups -OCH3 is 1. The number of ether oxygens (including phenoxy) is 2. The van der Waals surface area contributed by atoms with Gasteiger partial charge in [0.2, 0.25) is 5.82 Å². The fourth-order valence-corrected chi connectivity index (χ4v) is 3.37. The van der Waals surface area contributed by atoms with Crippen LogP contribution in [0.5, 0.6) is 17.2 Å². The van der Waals surface area contributed by atoms with E-state index in [2.05, 4.69) is 10.1 Å². The lowest BCUT2D eigenvalue weighted by molar-refractivity contribution is 0.287. The molecule has 164 valence electrons. The van der Waals surface area contributed by atoms with Crippen LogP contribution < -0.4 is 14.9 Å². The minimum atomic E-state index is -0.172. The van der Waals surface area contributed by atoms with E-state index in [1.54, 1.807) is 43.5 Å². The number of fused-ring (bicyclic) bond motifs is 1. The SMILES string of the molecule is COc1cccc(-c2nc(COc3ccc4c(=O)c(-c5ccc(O)cc5)coc4c3)no2)c1. The zero-order chi connectivity index (χ0) is 22.8. The Morgan fingerprint density at radius 2 is 1.82 bits per heavy atom. The molecular formula is C25H18N2O6. The Hall–Kier alpha value is -4.59. The summed E-state index contributed by atoms with van der Waals surface area (Å²) in [7, 11) is 1.59. The van der Waals surface area contributed by atoms with Crippen molar-refractivity contribution in [3.05, 3.63) is 89.0 Å². The maximum absolute atomic E-state index is 12.9. The van der Waals surface area contributed by atoms with E-state index in [0.717, 1.165) is 5.56 Å². The highest BCUT2D eigenvalue weighted by Crippen LogP contribution is 2.25. The summed E-state index contributed by atoms with van der Waals surface area (Å²) in [6.07, 6.45) is 1.40. The predicted molar refractivity (Wildman–Crippen MR) is 120 cm³/mol. The number of phenolic OH excluding ortho intramolecular Hbond substituents is 1. The highest BCUT2D eigenvalue weighted by molar-refractivity contribution is 5.82. The van der Waals surface area contributed by atoms with E-state index in [1.165, 1.54) is 18.4 Å². The Balaban J connectivity index is 1.34. The van der Waals surface area contributed by atoms with Gasteiger partial charge in [-0.1, -0.05) is 23.4 Å². The minimum Gasteiger partial charge on any atom is -0.508 e. The number of aromatic hydroxyl groups is 1. The van der Waals surface area contributed by atoms with Gasteiger partial charge in [0.05, 0.1) is 18.1 Å². The van der Waals surface area contributed by atoms with Crippen molar-refractivity contribution in [1.82, 2.24) is 10.1 Å². The fourth-order valence-electron chi connectivity index (χ4n) is 3.37. The van der Waals surface area contributed by atoms with Crippen molar-refractivity contribution < 1.29 is 23.5 Å². The summed E-state index contributed by atoms with van der Waals surface area (Å²) in [6.45, 7) is 0.0782. The molecule has 0 aliphatic carbocycles. The minimum absolute atomic E-state index is 0.0782. The number of hydrogen-bond donors (Lipinski definition) is 1. The molecule has 8 nitrogen and oxygen atoms in total. The molecule has 5 rings (SSSR count). The van der Waals surface area contributed by atoms with E-state index in [-0.39, 0.29) is 17.8 Å². The second-order valence-electron chi connectivity index (χ2n) is 7.22. The second kappa shape index (κ2) is 8.51. The molecule has 0 aliphatic heterocycles. The Bertz CT molecular complexity index is 1490. The Kier molecular flexibility index (Phi) is 5.24. The molecule has 0 radical (unpaired) electrons. The first kappa shape index (κ1) is 20.3. The van der Waals surface area contributed by atoms with E-state index >= 15 is 0 Å². The molecule has 33 heavy (non-hydrogen) atoms. The van der Waals surface area contributed by atoms with Gasteiger partial charge >= 0.3 is 0 Å². The third-order valence-electron chi connectivity index (χ3n) is 5.08. The van der Waals surface area contributed by atoms with Crippen LogP contribution in [0.3, 0.4) is 0 Å². The molecule has 0 amide bonds. The van der Waals surface area contributed by atoms with E-state index in [1.807, 2.05) is 18.2 Å². The first-order valence-corrected chi connectivity index (χ1v) is 10.1. The number of rotatable bonds is 6. The molecular weight excluding hydrogens is 424 g/mol. The van der Waals surface area contributed by atoms with Crippen molar-refractivity contribution in [1.29, 1.82) is 0 Å². The van der Waals surface area contributed by atoms with Gasteiger partial charge in [0.1, 0.15) is 29.1 Å². The molecule has 2 heterocycles. The lowest BCUT2D eigenvalue weighted by Crippen LogP contribution is -2.05. The molecule has 0 fully saturated rings. The molecule has 5 aromatic rings. The monoisotopic (exact) mass is 442 g/mol. The van der Waals surface area contributed by atoms with Crippen LogP contribution in [-0.4, -0.2) is 22.4 Å². The average molecular weight is 442 g/mol. The zero-order valence-corrected chi connectivity index (χ0v) is 17.5. The molecule has 0 spiro atoms. The molecule has 3 aromatic carbocycles. The van der Waals surface area contributed by atoms with Crippen LogP contribution in [-0.2, 0) is 6.61 Å². The Labute approximate surface area is 187 Å². The summed E-state index contributed by atoms with van der Waals surface area (Å²) in [5, 5.41) is 13.8. The van der Waals surface area contributed by atoms with Gasteiger partial charge in [-0.2, -0.15) is 4.98 Å². The van der Waals surface area contributed by atoms with Gasteiger partial charge in [0.15, 0.2) is 12.0 Å². The molecule has 0 bridgehead atoms. The second-order valence-corrected chi connectivity index (χ2v) is 7.22. The largest absolute Gasteiger partial charge is 0.508 e. The number of phenols is 1. The quantitative estimate of drug-likeness (QED) is 0.399. The summed E-state index contributed by atoms with van der Waals surface area (Å²) < 4.78 is 22.0. The fraction of sp³-hybridized carbons (Fsp3) is 0.0800. The number of nitrogens with zero attached hydrogens (tertiary/aromatic N) is 2. The van der Waals surface area contributed by atoms with Gasteiger partial charge in [-0.15, -0.1) is 0 Å². The Morgan fingerprint density at radius 3 is 2.64 bits per heavy atom. The van der Waals surface area contributed by atoms with Crippen LogP contribution in [0.25, 0.3) is 33.6 Å². The first-order chi connectivity index (χ1) is 16.1. The topological polar surface area (TPSA) is 108 Å². The van der Waals surface area contributed by atoms with Gasteiger partial charge in [-0.3, -0.25) is 4.79 Å². The average Bonchev–Trinajstić information content (AvgIpc) is 3.33. The van der Waals surface area contributed by atoms with Crippen molar-refractivity contribution in [2.24, 2.45) is 0 Å². The smallest absolute Gasteiger partial charge is 0.258 e. The van der Waals surface area contributed by atoms with Crippen LogP contribution in [0.15, 0.2) is 86.7 Å². The van der Waals surface area contributed by atoms with E-state index in [9.17, 15) is 9.90 Å². The van der Waals surface area contributed by atoms with E-state index in [4.69, 9.17) is 18.4 Å². The van der Waals surface area contributed by atoms with Crippen LogP contribution in [0.4, 0.5) is 0 Å². The van der Waals surface area contributed by atoms with Crippen molar-refractivity contribution in [3.8, 4) is 39.8 Å². The predicted octanol–water partition coefficient (Wildman–Crippen LogP) is 4.80. The lowest BCUT2D eigenvalue weighted by atomic mass is 10.1. The van der Waals surface area contributed by atoms with Crippen LogP contribution >= 0.6 is 0 Å². The molecule has 0 atom stereocenters. The summed E-state index contributed by atoms with van der Waals surface area (Å²) >= 11 is 0. The van der Waals surface area contributed by atoms with Gasteiger partial charge in [0, 0.05) is 11.6 Å². The molecule has 2 aromatic heterocycles. The van der Waals surface area contributed by atoms with Crippen LogP contribution in [0.2, 0.25) is 0 Å². The van der Waals surface area contributed by atoms with Gasteiger partial charge in [-0.25, -0.2) is 0 Å². The van der Waals surface area contributed by atoms with E-state index in [0.29, 0.717) is 45.3 Å². The number of hydrogen-bond acceptors (Lipinski definition) is 8. The summed E-state index contributed by atoms with van der Waals surface area (Å²) in [5.41, 5.74) is 2.03. The molecule has 8 heteroatoms. The maximum atomic E-state index is 12.9. The summed E-state index contributed by atoms with van der Waals surface area (Å²) in [4.78, 5) is 17.2. The zero-order valence-electron chi connectivity index (χ0n) is 17.5. The highest BCUT2D eigenvalue weighted by Gasteiger charge is 2.13. The lowest BCUT2D eigenvalue weighted by Gasteiger charge is -2.06. The van der Waals surface area contributed by atoms with Crippen molar-refractivity contribution in [3.63, 3.8) is 0 Å². The molecule has 0 unspecified atom stereocenters. The van der Waals surface area contributed by atoms with E-state index < -0.39 is 0 Å². The molecule has 0 saturated heterocycles. The number of aromatic nitrogens is 2. The maximum Gasteiger partial charge on any atom is 0.258 e. The Morgan fingerprint density at radius 1 is 0.970 bits per heavy atom. The summed E-state index contributed by atoms with van der Waals surface area (Å²) in [5.74, 6) is 2.05. The molecule has 1 N–H and O–H groups in total. The van der Waals surface area contributed by atoms with Gasteiger partial charge in [0.25, 0.3) is 5.89 Å². The third-order valence-corrected chi connectivity index (χ3v) is 5.08. The number of benzene rings is 3. The van der Waals surface area contributed by atoms with Gasteiger partial charge < -0.3 is 23.5 Å². The van der Waals surface area contributed by atoms with Crippen molar-refractivity contribution in [2.75, 3.05) is 7.11 Å². The molecule has 0 saturated carbocycles. The third kappa shape index (κ3) is 4.14. The van der Waals surface area contributed by atoms with Crippen LogP contribution in [0, 0.1) is 0 Å². The normalized spacial score (nSPS) is 10.9. The van der Waals surface area contributed by atoms with Gasteiger partial charge in [-0.05, 0) is 48.0 Å². The van der Waals surface area contributed by atoms with Crippen molar-refractivity contribution >= 4 is 11.0 Å². The molecule has 0 aliphatic rings. The van der Waals surface area contributed by atoms with Crippen molar-refractivity contribution in [2.45, 2.75) is 6.61 Å². The summed E-state index contributed by atoms with van der Waals surface area (Å²) in [6, 6.07) is 18.7. The standard InChI is InChI=1S/C25H18N2O6/c1-30-18-4-2-3-16(11-18)25-26-23(27-33-25)14-31-19-9-10-20-22(12-19)32-13-21(24(20)29)15-5-7-17(28)8-6-15/h2-13,28H,14H2,1H3. The first-order valence-electron chi connectivity index (χ1n) is 10.1. The highest BCUT2D eigenvalue weighted by atomic mass is 16.5.